The van der Waals surface area contributed by atoms with Crippen LogP contribution < -0.4 is 0 Å². The Morgan fingerprint density at radius 3 is 2.33 bits per heavy atom. The highest BCUT2D eigenvalue weighted by atomic mass is 35.5. The summed E-state index contributed by atoms with van der Waals surface area (Å²) < 4.78 is 0. The maximum absolute atomic E-state index is 6.04. The van der Waals surface area contributed by atoms with Gasteiger partial charge < -0.3 is 0 Å². The van der Waals surface area contributed by atoms with Gasteiger partial charge in [0.05, 0.1) is 10.0 Å². The minimum atomic E-state index is 0.498. The number of hydrogen-bond donors (Lipinski definition) is 0. The maximum Gasteiger partial charge on any atom is 0.135 e. The Labute approximate surface area is 121 Å². The second-order valence-corrected chi connectivity index (χ2v) is 5.24. The molecule has 2 aromatic rings. The number of nitrogens with zero attached hydrogens (tertiary/aromatic N) is 2. The van der Waals surface area contributed by atoms with Crippen LogP contribution in [0.2, 0.25) is 15.2 Å². The molecule has 0 atom stereocenters. The van der Waals surface area contributed by atoms with Crippen molar-refractivity contribution in [3.63, 3.8) is 0 Å². The summed E-state index contributed by atoms with van der Waals surface area (Å²) in [6, 6.07) is 5.49. The highest BCUT2D eigenvalue weighted by Gasteiger charge is 2.07. The Balaban J connectivity index is 2.31. The number of halogens is 3. The predicted molar refractivity (Wildman–Crippen MR) is 75.8 cm³/mol. The van der Waals surface area contributed by atoms with Gasteiger partial charge in [0.25, 0.3) is 0 Å². The van der Waals surface area contributed by atoms with E-state index in [0.717, 1.165) is 16.8 Å². The zero-order chi connectivity index (χ0) is 13.3. The maximum atomic E-state index is 6.04. The summed E-state index contributed by atoms with van der Waals surface area (Å²) in [4.78, 5) is 8.67. The largest absolute Gasteiger partial charge is 0.238 e. The lowest BCUT2D eigenvalue weighted by molar-refractivity contribution is 0.927. The molecule has 0 spiro atoms. The van der Waals surface area contributed by atoms with Crippen molar-refractivity contribution in [3.05, 3.63) is 56.0 Å². The van der Waals surface area contributed by atoms with Crippen LogP contribution in [-0.4, -0.2) is 9.97 Å². The van der Waals surface area contributed by atoms with Gasteiger partial charge in [-0.25, -0.2) is 9.97 Å². The van der Waals surface area contributed by atoms with Crippen molar-refractivity contribution in [1.82, 2.24) is 9.97 Å². The quantitative estimate of drug-likeness (QED) is 0.755. The lowest BCUT2D eigenvalue weighted by Crippen LogP contribution is -2.01. The van der Waals surface area contributed by atoms with Crippen molar-refractivity contribution in [2.75, 3.05) is 0 Å². The third-order valence-electron chi connectivity index (χ3n) is 2.72. The average Bonchev–Trinajstić information content (AvgIpc) is 2.31. The monoisotopic (exact) mass is 300 g/mol. The molecule has 18 heavy (non-hydrogen) atoms. The fourth-order valence-corrected chi connectivity index (χ4v) is 2.12. The molecule has 2 rings (SSSR count). The van der Waals surface area contributed by atoms with Crippen LogP contribution in [0.3, 0.4) is 0 Å². The van der Waals surface area contributed by atoms with Gasteiger partial charge in [0, 0.05) is 17.7 Å². The van der Waals surface area contributed by atoms with E-state index in [1.807, 2.05) is 26.0 Å². The fraction of sp³-hybridized carbons (Fsp3) is 0.231. The zero-order valence-electron chi connectivity index (χ0n) is 9.97. The van der Waals surface area contributed by atoms with Gasteiger partial charge in [0.1, 0.15) is 11.0 Å². The Hall–Kier alpha value is -0.830. The summed E-state index contributed by atoms with van der Waals surface area (Å²) >= 11 is 17.9. The molecule has 0 unspecified atom stereocenters. The zero-order valence-corrected chi connectivity index (χ0v) is 12.2. The molecular weight excluding hydrogens is 291 g/mol. The van der Waals surface area contributed by atoms with Crippen molar-refractivity contribution in [3.8, 4) is 0 Å². The Morgan fingerprint density at radius 2 is 1.72 bits per heavy atom. The Morgan fingerprint density at radius 1 is 1.00 bits per heavy atom. The normalized spacial score (nSPS) is 10.7. The molecule has 0 saturated carbocycles. The first-order chi connectivity index (χ1) is 8.47. The SMILES string of the molecule is Cc1nc(Cc2ccc(Cl)c(Cl)c2)nc(Cl)c1C. The Bertz CT molecular complexity index is 574. The van der Waals surface area contributed by atoms with Gasteiger partial charge in [-0.05, 0) is 31.5 Å². The lowest BCUT2D eigenvalue weighted by atomic mass is 10.1. The van der Waals surface area contributed by atoms with Gasteiger partial charge in [-0.1, -0.05) is 40.9 Å². The van der Waals surface area contributed by atoms with E-state index in [0.29, 0.717) is 27.4 Å². The average molecular weight is 302 g/mol. The third kappa shape index (κ3) is 2.94. The summed E-state index contributed by atoms with van der Waals surface area (Å²) in [5, 5.41) is 1.57. The number of aromatic nitrogens is 2. The molecule has 0 aliphatic heterocycles. The fourth-order valence-electron chi connectivity index (χ4n) is 1.56. The summed E-state index contributed by atoms with van der Waals surface area (Å²) in [7, 11) is 0. The van der Waals surface area contributed by atoms with Gasteiger partial charge in [-0.3, -0.25) is 0 Å². The Kier molecular flexibility index (Phi) is 4.10. The van der Waals surface area contributed by atoms with Crippen LogP contribution in [0.1, 0.15) is 22.6 Å². The molecule has 1 aromatic carbocycles. The molecule has 0 aliphatic carbocycles. The second-order valence-electron chi connectivity index (χ2n) is 4.07. The standard InChI is InChI=1S/C13H11Cl3N2/c1-7-8(2)17-12(18-13(7)16)6-9-3-4-10(14)11(15)5-9/h3-5H,6H2,1-2H3. The molecule has 0 bridgehead atoms. The minimum Gasteiger partial charge on any atom is -0.238 e. The van der Waals surface area contributed by atoms with Gasteiger partial charge in [0.15, 0.2) is 0 Å². The van der Waals surface area contributed by atoms with Gasteiger partial charge in [-0.15, -0.1) is 0 Å². The lowest BCUT2D eigenvalue weighted by Gasteiger charge is -2.06. The number of aryl methyl sites for hydroxylation is 1. The van der Waals surface area contributed by atoms with Crippen LogP contribution in [0.4, 0.5) is 0 Å². The van der Waals surface area contributed by atoms with E-state index < -0.39 is 0 Å². The number of rotatable bonds is 2. The van der Waals surface area contributed by atoms with Crippen molar-refractivity contribution in [1.29, 1.82) is 0 Å². The smallest absolute Gasteiger partial charge is 0.135 e. The molecule has 0 radical (unpaired) electrons. The number of hydrogen-bond acceptors (Lipinski definition) is 2. The summed E-state index contributed by atoms with van der Waals surface area (Å²) in [5.74, 6) is 0.682. The van der Waals surface area contributed by atoms with Crippen LogP contribution in [0.25, 0.3) is 0 Å². The summed E-state index contributed by atoms with van der Waals surface area (Å²) in [5.41, 5.74) is 2.81. The molecule has 0 fully saturated rings. The minimum absolute atomic E-state index is 0.498. The molecule has 1 aromatic heterocycles. The third-order valence-corrected chi connectivity index (χ3v) is 3.83. The first-order valence-corrected chi connectivity index (χ1v) is 6.54. The molecule has 0 aliphatic rings. The van der Waals surface area contributed by atoms with Crippen LogP contribution in [0, 0.1) is 13.8 Å². The molecule has 2 nitrogen and oxygen atoms in total. The summed E-state index contributed by atoms with van der Waals surface area (Å²) in [6.45, 7) is 3.82. The van der Waals surface area contributed by atoms with Gasteiger partial charge in [-0.2, -0.15) is 0 Å². The van der Waals surface area contributed by atoms with Crippen molar-refractivity contribution in [2.24, 2.45) is 0 Å². The van der Waals surface area contributed by atoms with E-state index in [1.165, 1.54) is 0 Å². The first-order valence-electron chi connectivity index (χ1n) is 5.41. The van der Waals surface area contributed by atoms with Crippen molar-refractivity contribution < 1.29 is 0 Å². The first kappa shape index (κ1) is 13.6. The highest BCUT2D eigenvalue weighted by Crippen LogP contribution is 2.24. The van der Waals surface area contributed by atoms with Gasteiger partial charge in [0.2, 0.25) is 0 Å². The van der Waals surface area contributed by atoms with E-state index in [-0.39, 0.29) is 0 Å². The van der Waals surface area contributed by atoms with Crippen LogP contribution >= 0.6 is 34.8 Å². The molecule has 1 heterocycles. The van der Waals surface area contributed by atoms with E-state index in [1.54, 1.807) is 6.07 Å². The van der Waals surface area contributed by atoms with Crippen LogP contribution in [-0.2, 0) is 6.42 Å². The molecular formula is C13H11Cl3N2. The van der Waals surface area contributed by atoms with E-state index in [2.05, 4.69) is 9.97 Å². The second kappa shape index (κ2) is 5.43. The topological polar surface area (TPSA) is 25.8 Å². The molecule has 5 heteroatoms. The van der Waals surface area contributed by atoms with E-state index in [4.69, 9.17) is 34.8 Å². The van der Waals surface area contributed by atoms with Crippen LogP contribution in [0.15, 0.2) is 18.2 Å². The van der Waals surface area contributed by atoms with Crippen molar-refractivity contribution >= 4 is 34.8 Å². The van der Waals surface area contributed by atoms with Crippen LogP contribution in [0.5, 0.6) is 0 Å². The summed E-state index contributed by atoms with van der Waals surface area (Å²) in [6.07, 6.45) is 0.581. The molecule has 0 amide bonds. The predicted octanol–water partition coefficient (Wildman–Crippen LogP) is 4.64. The van der Waals surface area contributed by atoms with E-state index >= 15 is 0 Å². The van der Waals surface area contributed by atoms with E-state index in [9.17, 15) is 0 Å². The van der Waals surface area contributed by atoms with Crippen molar-refractivity contribution in [2.45, 2.75) is 20.3 Å². The molecule has 0 N–H and O–H groups in total. The van der Waals surface area contributed by atoms with Gasteiger partial charge >= 0.3 is 0 Å². The highest BCUT2D eigenvalue weighted by molar-refractivity contribution is 6.42. The number of benzene rings is 1. The molecule has 0 saturated heterocycles. The molecule has 94 valence electrons.